The molecule has 1 aliphatic carbocycles. The number of esters is 1. The molecule has 0 fully saturated rings. The first-order chi connectivity index (χ1) is 22.1. The number of hydrogen-bond donors (Lipinski definition) is 2. The first-order valence-electron chi connectivity index (χ1n) is 15.0. The molecule has 4 aromatic rings. The molecular weight excluding hydrogens is 580 g/mol. The molecule has 1 atom stereocenters. The summed E-state index contributed by atoms with van der Waals surface area (Å²) in [7, 11) is 1.31. The molecule has 0 spiro atoms. The quantitative estimate of drug-likeness (QED) is 0.172. The highest BCUT2D eigenvalue weighted by molar-refractivity contribution is 5.98. The Morgan fingerprint density at radius 3 is 2.00 bits per heavy atom. The number of fused-ring (bicyclic) bond motifs is 3. The van der Waals surface area contributed by atoms with Gasteiger partial charge in [-0.05, 0) is 67.3 Å². The monoisotopic (exact) mass is 616 g/mol. The van der Waals surface area contributed by atoms with Gasteiger partial charge in [-0.25, -0.2) is 9.59 Å². The number of amides is 2. The number of methoxy groups -OCH3 is 1. The van der Waals surface area contributed by atoms with Crippen LogP contribution in [0.4, 0.5) is 10.5 Å². The molecular formula is C38H36N2O6. The van der Waals surface area contributed by atoms with E-state index in [4.69, 9.17) is 14.2 Å². The van der Waals surface area contributed by atoms with E-state index in [1.165, 1.54) is 7.11 Å². The maximum atomic E-state index is 13.6. The van der Waals surface area contributed by atoms with Crippen LogP contribution in [0.15, 0.2) is 97.1 Å². The summed E-state index contributed by atoms with van der Waals surface area (Å²) in [6, 6.07) is 29.0. The van der Waals surface area contributed by atoms with Gasteiger partial charge in [0.1, 0.15) is 12.6 Å². The van der Waals surface area contributed by atoms with Crippen LogP contribution in [-0.4, -0.2) is 49.9 Å². The van der Waals surface area contributed by atoms with E-state index in [2.05, 4.69) is 34.6 Å². The minimum atomic E-state index is -1.06. The highest BCUT2D eigenvalue weighted by Gasteiger charge is 2.30. The molecule has 8 nitrogen and oxygen atoms in total. The van der Waals surface area contributed by atoms with E-state index in [0.717, 1.165) is 22.3 Å². The van der Waals surface area contributed by atoms with E-state index in [1.54, 1.807) is 48.5 Å². The lowest BCUT2D eigenvalue weighted by atomic mass is 9.98. The van der Waals surface area contributed by atoms with Gasteiger partial charge in [-0.3, -0.25) is 4.79 Å². The van der Waals surface area contributed by atoms with Crippen LogP contribution in [0, 0.1) is 11.8 Å². The fraction of sp³-hybridized carbons (Fsp3) is 0.237. The van der Waals surface area contributed by atoms with E-state index in [-0.39, 0.29) is 19.1 Å². The number of carbonyl (C=O) groups is 3. The molecule has 234 valence electrons. The fourth-order valence-corrected chi connectivity index (χ4v) is 5.23. The van der Waals surface area contributed by atoms with Gasteiger partial charge in [0, 0.05) is 17.0 Å². The predicted octanol–water partition coefficient (Wildman–Crippen LogP) is 6.53. The molecule has 0 unspecified atom stereocenters. The van der Waals surface area contributed by atoms with Gasteiger partial charge >= 0.3 is 12.1 Å². The third kappa shape index (κ3) is 7.63. The number of carbonyl (C=O) groups excluding carboxylic acids is 3. The largest absolute Gasteiger partial charge is 0.465 e. The van der Waals surface area contributed by atoms with Gasteiger partial charge in [-0.2, -0.15) is 0 Å². The molecule has 5 rings (SSSR count). The van der Waals surface area contributed by atoms with Crippen molar-refractivity contribution in [3.05, 3.63) is 125 Å². The van der Waals surface area contributed by atoms with Gasteiger partial charge in [0.15, 0.2) is 0 Å². The minimum absolute atomic E-state index is 0.0835. The lowest BCUT2D eigenvalue weighted by molar-refractivity contribution is -0.121. The molecule has 0 bridgehead atoms. The summed E-state index contributed by atoms with van der Waals surface area (Å²) in [5.74, 6) is 4.94. The highest BCUT2D eigenvalue weighted by atomic mass is 16.6. The third-order valence-electron chi connectivity index (χ3n) is 7.48. The van der Waals surface area contributed by atoms with Gasteiger partial charge < -0.3 is 24.8 Å². The zero-order chi connectivity index (χ0) is 32.7. The van der Waals surface area contributed by atoms with Gasteiger partial charge in [0.2, 0.25) is 5.91 Å². The average molecular weight is 617 g/mol. The summed E-state index contributed by atoms with van der Waals surface area (Å²) in [5, 5.41) is 5.58. The lowest BCUT2D eigenvalue weighted by Crippen LogP contribution is -2.48. The van der Waals surface area contributed by atoms with Crippen molar-refractivity contribution in [1.82, 2.24) is 5.32 Å². The Hall–Kier alpha value is -5.39. The molecule has 0 saturated heterocycles. The average Bonchev–Trinajstić information content (AvgIpc) is 3.38. The Balaban J connectivity index is 1.31. The summed E-state index contributed by atoms with van der Waals surface area (Å²) in [4.78, 5) is 38.9. The van der Waals surface area contributed by atoms with Gasteiger partial charge in [-0.1, -0.05) is 84.6 Å². The standard InChI is InChI=1S/C38H36N2O6/c1-38(2,3)46-24-34(40-37(43)45-23-32-30-18-10-8-16-28(30)29-17-9-11-19-31(29)32)35(41)39-33-20-12-6-14-26(33)22-21-25-13-5-7-15-27(25)36(42)44-4/h5-20,32,34H,23-24H2,1-4H3,(H,39,41)(H,40,43)/t34-/m1/s1. The van der Waals surface area contributed by atoms with Crippen molar-refractivity contribution in [2.75, 3.05) is 25.6 Å². The molecule has 0 aromatic heterocycles. The molecule has 4 aromatic carbocycles. The van der Waals surface area contributed by atoms with Crippen LogP contribution in [0.1, 0.15) is 59.3 Å². The summed E-state index contributed by atoms with van der Waals surface area (Å²) in [6.45, 7) is 5.63. The second-order valence-electron chi connectivity index (χ2n) is 11.8. The third-order valence-corrected chi connectivity index (χ3v) is 7.48. The number of nitrogens with one attached hydrogen (secondary N) is 2. The molecule has 8 heteroatoms. The Labute approximate surface area is 269 Å². The predicted molar refractivity (Wildman–Crippen MR) is 177 cm³/mol. The van der Waals surface area contributed by atoms with Crippen LogP contribution in [-0.2, 0) is 19.0 Å². The van der Waals surface area contributed by atoms with E-state index >= 15 is 0 Å². The van der Waals surface area contributed by atoms with Crippen LogP contribution >= 0.6 is 0 Å². The second-order valence-corrected chi connectivity index (χ2v) is 11.8. The first kappa shape index (κ1) is 32.0. The van der Waals surface area contributed by atoms with Crippen LogP contribution in [0.2, 0.25) is 0 Å². The zero-order valence-electron chi connectivity index (χ0n) is 26.3. The topological polar surface area (TPSA) is 103 Å². The molecule has 0 radical (unpaired) electrons. The van der Waals surface area contributed by atoms with Gasteiger partial charge in [0.05, 0.1) is 30.6 Å². The summed E-state index contributed by atoms with van der Waals surface area (Å²) >= 11 is 0. The van der Waals surface area contributed by atoms with Crippen molar-refractivity contribution < 1.29 is 28.6 Å². The molecule has 2 amide bonds. The molecule has 1 aliphatic rings. The number of para-hydroxylation sites is 1. The van der Waals surface area contributed by atoms with Crippen LogP contribution in [0.25, 0.3) is 11.1 Å². The Morgan fingerprint density at radius 1 is 0.783 bits per heavy atom. The van der Waals surface area contributed by atoms with Crippen molar-refractivity contribution in [2.45, 2.75) is 38.3 Å². The van der Waals surface area contributed by atoms with Gasteiger partial charge in [0.25, 0.3) is 0 Å². The van der Waals surface area contributed by atoms with Crippen molar-refractivity contribution >= 4 is 23.7 Å². The van der Waals surface area contributed by atoms with Crippen molar-refractivity contribution in [2.24, 2.45) is 0 Å². The molecule has 46 heavy (non-hydrogen) atoms. The second kappa shape index (κ2) is 14.1. The number of benzene rings is 4. The zero-order valence-corrected chi connectivity index (χ0v) is 26.3. The van der Waals surface area contributed by atoms with Crippen LogP contribution < -0.4 is 10.6 Å². The van der Waals surface area contributed by atoms with E-state index in [9.17, 15) is 14.4 Å². The Kier molecular flexibility index (Phi) is 9.85. The van der Waals surface area contributed by atoms with E-state index in [0.29, 0.717) is 22.4 Å². The van der Waals surface area contributed by atoms with Crippen LogP contribution in [0.3, 0.4) is 0 Å². The van der Waals surface area contributed by atoms with Crippen LogP contribution in [0.5, 0.6) is 0 Å². The van der Waals surface area contributed by atoms with Crippen molar-refractivity contribution in [3.8, 4) is 23.0 Å². The normalized spacial score (nSPS) is 12.5. The summed E-state index contributed by atoms with van der Waals surface area (Å²) in [5.41, 5.74) is 5.66. The SMILES string of the molecule is COC(=O)c1ccccc1C#Cc1ccccc1NC(=O)[C@@H](COC(C)(C)C)NC(=O)OCC1c2ccccc2-c2ccccc21. The number of hydrogen-bond acceptors (Lipinski definition) is 6. The maximum absolute atomic E-state index is 13.6. The molecule has 0 heterocycles. The summed E-state index contributed by atoms with van der Waals surface area (Å²) < 4.78 is 16.5. The lowest BCUT2D eigenvalue weighted by Gasteiger charge is -2.25. The maximum Gasteiger partial charge on any atom is 0.407 e. The van der Waals surface area contributed by atoms with Crippen molar-refractivity contribution in [1.29, 1.82) is 0 Å². The number of alkyl carbamates (subject to hydrolysis) is 1. The number of ether oxygens (including phenoxy) is 3. The summed E-state index contributed by atoms with van der Waals surface area (Å²) in [6.07, 6.45) is -0.730. The van der Waals surface area contributed by atoms with E-state index in [1.807, 2.05) is 57.2 Å². The smallest absolute Gasteiger partial charge is 0.407 e. The fourth-order valence-electron chi connectivity index (χ4n) is 5.23. The minimum Gasteiger partial charge on any atom is -0.465 e. The number of anilines is 1. The van der Waals surface area contributed by atoms with Gasteiger partial charge in [-0.15, -0.1) is 0 Å². The Morgan fingerprint density at radius 2 is 1.35 bits per heavy atom. The van der Waals surface area contributed by atoms with Crippen molar-refractivity contribution in [3.63, 3.8) is 0 Å². The molecule has 0 saturated carbocycles. The molecule has 0 aliphatic heterocycles. The first-order valence-corrected chi connectivity index (χ1v) is 15.0. The molecule has 2 N–H and O–H groups in total. The number of rotatable bonds is 8. The van der Waals surface area contributed by atoms with E-state index < -0.39 is 29.6 Å². The highest BCUT2D eigenvalue weighted by Crippen LogP contribution is 2.44. The Bertz CT molecular complexity index is 1770.